The summed E-state index contributed by atoms with van der Waals surface area (Å²) in [6.07, 6.45) is -0.932. The van der Waals surface area contributed by atoms with Gasteiger partial charge in [-0.25, -0.2) is 8.78 Å². The average Bonchev–Trinajstić information content (AvgIpc) is 2.60. The molecule has 0 aliphatic heterocycles. The fourth-order valence-electron chi connectivity index (χ4n) is 1.62. The molecule has 0 amide bonds. The molecule has 0 saturated carbocycles. The van der Waals surface area contributed by atoms with E-state index in [1.807, 2.05) is 6.07 Å². The Hall–Kier alpha value is -1.58. The molecule has 2 nitrogen and oxygen atoms in total. The number of rotatable bonds is 3. The summed E-state index contributed by atoms with van der Waals surface area (Å²) < 4.78 is 29.6. The van der Waals surface area contributed by atoms with E-state index < -0.39 is 6.43 Å². The number of hydrogen-bond acceptors (Lipinski definition) is 1. The topological polar surface area (TPSA) is 25.0 Å². The largest absolute Gasteiger partial charge is 0.497 e. The van der Waals surface area contributed by atoms with Gasteiger partial charge < -0.3 is 9.72 Å². The second-order valence-corrected chi connectivity index (χ2v) is 3.32. The predicted molar refractivity (Wildman–Crippen MR) is 54.6 cm³/mol. The van der Waals surface area contributed by atoms with E-state index in [0.29, 0.717) is 11.3 Å². The molecule has 0 fully saturated rings. The number of nitrogens with one attached hydrogen (secondary N) is 1. The first kappa shape index (κ1) is 9.96. The molecule has 0 spiro atoms. The number of alkyl halides is 2. The molecule has 0 atom stereocenters. The minimum absolute atomic E-state index is 0.229. The standard InChI is InChI=1S/C11H11F2NO/c1-15-8-2-3-10-9(5-8)7(6-14-10)4-11(12)13/h2-3,5-6,11,14H,4H2,1H3. The lowest BCUT2D eigenvalue weighted by Crippen LogP contribution is -1.95. The number of halogens is 2. The zero-order valence-electron chi connectivity index (χ0n) is 8.26. The highest BCUT2D eigenvalue weighted by atomic mass is 19.3. The van der Waals surface area contributed by atoms with Crippen LogP contribution in [-0.4, -0.2) is 18.5 Å². The molecule has 0 radical (unpaired) electrons. The maximum Gasteiger partial charge on any atom is 0.242 e. The van der Waals surface area contributed by atoms with E-state index in [4.69, 9.17) is 4.74 Å². The van der Waals surface area contributed by atoms with Crippen LogP contribution in [0, 0.1) is 0 Å². The minimum Gasteiger partial charge on any atom is -0.497 e. The first-order chi connectivity index (χ1) is 7.20. The predicted octanol–water partition coefficient (Wildman–Crippen LogP) is 2.98. The van der Waals surface area contributed by atoms with Gasteiger partial charge in [0.1, 0.15) is 5.75 Å². The molecule has 0 unspecified atom stereocenters. The van der Waals surface area contributed by atoms with Gasteiger partial charge >= 0.3 is 0 Å². The fourth-order valence-corrected chi connectivity index (χ4v) is 1.62. The molecule has 80 valence electrons. The van der Waals surface area contributed by atoms with Crippen molar-refractivity contribution in [3.05, 3.63) is 30.0 Å². The third-order valence-corrected chi connectivity index (χ3v) is 2.35. The Morgan fingerprint density at radius 3 is 2.87 bits per heavy atom. The molecule has 1 N–H and O–H groups in total. The van der Waals surface area contributed by atoms with Crippen molar-refractivity contribution >= 4 is 10.9 Å². The van der Waals surface area contributed by atoms with E-state index in [2.05, 4.69) is 4.98 Å². The second-order valence-electron chi connectivity index (χ2n) is 3.32. The van der Waals surface area contributed by atoms with Gasteiger partial charge in [-0.15, -0.1) is 0 Å². The maximum absolute atomic E-state index is 12.3. The molecule has 0 aliphatic carbocycles. The monoisotopic (exact) mass is 211 g/mol. The van der Waals surface area contributed by atoms with E-state index in [1.165, 1.54) is 0 Å². The number of aromatic amines is 1. The van der Waals surface area contributed by atoms with Crippen LogP contribution in [0.25, 0.3) is 10.9 Å². The molecule has 2 aromatic rings. The molecule has 1 heterocycles. The van der Waals surface area contributed by atoms with Crippen LogP contribution >= 0.6 is 0 Å². The molecule has 0 bridgehead atoms. The highest BCUT2D eigenvalue weighted by Crippen LogP contribution is 2.24. The third kappa shape index (κ3) is 1.93. The van der Waals surface area contributed by atoms with Gasteiger partial charge in [-0.2, -0.15) is 0 Å². The quantitative estimate of drug-likeness (QED) is 0.829. The molecular formula is C11H11F2NO. The van der Waals surface area contributed by atoms with Crippen molar-refractivity contribution in [3.63, 3.8) is 0 Å². The number of methoxy groups -OCH3 is 1. The summed E-state index contributed by atoms with van der Waals surface area (Å²) >= 11 is 0. The number of H-pyrrole nitrogens is 1. The van der Waals surface area contributed by atoms with Crippen molar-refractivity contribution in [1.29, 1.82) is 0 Å². The molecule has 15 heavy (non-hydrogen) atoms. The Balaban J connectivity index is 2.46. The van der Waals surface area contributed by atoms with Crippen LogP contribution in [0.5, 0.6) is 5.75 Å². The summed E-state index contributed by atoms with van der Waals surface area (Å²) in [5, 5.41) is 0.801. The summed E-state index contributed by atoms with van der Waals surface area (Å²) in [5.74, 6) is 0.678. The molecule has 4 heteroatoms. The Bertz CT molecular complexity index is 465. The van der Waals surface area contributed by atoms with Crippen LogP contribution in [0.4, 0.5) is 8.78 Å². The van der Waals surface area contributed by atoms with E-state index in [0.717, 1.165) is 10.9 Å². The summed E-state index contributed by atoms with van der Waals surface area (Å²) in [4.78, 5) is 2.96. The molecule has 0 aliphatic rings. The highest BCUT2D eigenvalue weighted by molar-refractivity contribution is 5.84. The third-order valence-electron chi connectivity index (χ3n) is 2.35. The van der Waals surface area contributed by atoms with Crippen LogP contribution in [0.3, 0.4) is 0 Å². The number of ether oxygens (including phenoxy) is 1. The van der Waals surface area contributed by atoms with Crippen molar-refractivity contribution in [1.82, 2.24) is 4.98 Å². The van der Waals surface area contributed by atoms with Crippen molar-refractivity contribution < 1.29 is 13.5 Å². The number of benzene rings is 1. The summed E-state index contributed by atoms with van der Waals surface area (Å²) in [6.45, 7) is 0. The highest BCUT2D eigenvalue weighted by Gasteiger charge is 2.10. The van der Waals surface area contributed by atoms with E-state index >= 15 is 0 Å². The van der Waals surface area contributed by atoms with E-state index in [1.54, 1.807) is 25.4 Å². The molecule has 1 aromatic heterocycles. The van der Waals surface area contributed by atoms with Crippen LogP contribution < -0.4 is 4.74 Å². The normalized spacial score (nSPS) is 11.2. The number of hydrogen-bond donors (Lipinski definition) is 1. The van der Waals surface area contributed by atoms with Gasteiger partial charge in [0.15, 0.2) is 0 Å². The molecule has 2 rings (SSSR count). The zero-order chi connectivity index (χ0) is 10.8. The first-order valence-corrected chi connectivity index (χ1v) is 4.63. The van der Waals surface area contributed by atoms with E-state index in [-0.39, 0.29) is 6.42 Å². The van der Waals surface area contributed by atoms with Crippen molar-refractivity contribution in [2.24, 2.45) is 0 Å². The van der Waals surface area contributed by atoms with Crippen molar-refractivity contribution in [3.8, 4) is 5.75 Å². The van der Waals surface area contributed by atoms with Gasteiger partial charge in [0, 0.05) is 23.5 Å². The lowest BCUT2D eigenvalue weighted by atomic mass is 10.1. The minimum atomic E-state index is -2.32. The van der Waals surface area contributed by atoms with Gasteiger partial charge in [-0.1, -0.05) is 0 Å². The van der Waals surface area contributed by atoms with Gasteiger partial charge in [0.05, 0.1) is 7.11 Å². The molecule has 1 aromatic carbocycles. The van der Waals surface area contributed by atoms with Crippen LogP contribution in [0.2, 0.25) is 0 Å². The second kappa shape index (κ2) is 3.88. The Kier molecular flexibility index (Phi) is 2.58. The SMILES string of the molecule is COc1ccc2[nH]cc(CC(F)F)c2c1. The lowest BCUT2D eigenvalue weighted by Gasteiger charge is -2.01. The van der Waals surface area contributed by atoms with Crippen molar-refractivity contribution in [2.45, 2.75) is 12.8 Å². The fraction of sp³-hybridized carbons (Fsp3) is 0.273. The lowest BCUT2D eigenvalue weighted by molar-refractivity contribution is 0.149. The van der Waals surface area contributed by atoms with E-state index in [9.17, 15) is 8.78 Å². The number of aromatic nitrogens is 1. The Morgan fingerprint density at radius 2 is 2.20 bits per heavy atom. The van der Waals surface area contributed by atoms with Crippen LogP contribution in [0.15, 0.2) is 24.4 Å². The maximum atomic E-state index is 12.3. The summed E-state index contributed by atoms with van der Waals surface area (Å²) in [5.41, 5.74) is 1.48. The van der Waals surface area contributed by atoms with Crippen LogP contribution in [0.1, 0.15) is 5.56 Å². The average molecular weight is 211 g/mol. The first-order valence-electron chi connectivity index (χ1n) is 4.63. The van der Waals surface area contributed by atoms with Crippen molar-refractivity contribution in [2.75, 3.05) is 7.11 Å². The Morgan fingerprint density at radius 1 is 1.40 bits per heavy atom. The van der Waals surface area contributed by atoms with Gasteiger partial charge in [-0.3, -0.25) is 0 Å². The van der Waals surface area contributed by atoms with Gasteiger partial charge in [0.25, 0.3) is 0 Å². The van der Waals surface area contributed by atoms with Gasteiger partial charge in [-0.05, 0) is 23.8 Å². The van der Waals surface area contributed by atoms with Crippen LogP contribution in [-0.2, 0) is 6.42 Å². The summed E-state index contributed by atoms with van der Waals surface area (Å²) in [6, 6.07) is 5.39. The smallest absolute Gasteiger partial charge is 0.242 e. The van der Waals surface area contributed by atoms with Gasteiger partial charge in [0.2, 0.25) is 6.43 Å². The zero-order valence-corrected chi connectivity index (χ0v) is 8.26. The molecule has 0 saturated heterocycles. The number of fused-ring (bicyclic) bond motifs is 1. The summed E-state index contributed by atoms with van der Waals surface area (Å²) in [7, 11) is 1.56. The Labute approximate surface area is 85.9 Å². The molecular weight excluding hydrogens is 200 g/mol.